The normalized spacial score (nSPS) is 11.1. The van der Waals surface area contributed by atoms with E-state index in [9.17, 15) is 0 Å². The molecule has 0 amide bonds. The molecule has 0 fully saturated rings. The molecular formula is C17H24ClIN4S. The number of hydrogen-bond acceptors (Lipinski definition) is 3. The van der Waals surface area contributed by atoms with Gasteiger partial charge in [-0.3, -0.25) is 4.99 Å². The Morgan fingerprint density at radius 3 is 2.75 bits per heavy atom. The molecule has 0 atom stereocenters. The number of aliphatic imine (C=N–C) groups is 1. The Balaban J connectivity index is 0.00000288. The summed E-state index contributed by atoms with van der Waals surface area (Å²) in [6, 6.07) is 7.89. The molecule has 0 saturated carbocycles. The topological polar surface area (TPSA) is 40.5 Å². The first-order chi connectivity index (χ1) is 11.1. The van der Waals surface area contributed by atoms with Crippen molar-refractivity contribution in [2.75, 3.05) is 20.6 Å². The molecular weight excluding hydrogens is 455 g/mol. The monoisotopic (exact) mass is 478 g/mol. The van der Waals surface area contributed by atoms with Crippen LogP contribution in [0, 0.1) is 0 Å². The van der Waals surface area contributed by atoms with Crippen LogP contribution in [-0.4, -0.2) is 36.5 Å². The molecule has 1 heterocycles. The van der Waals surface area contributed by atoms with Crippen molar-refractivity contribution in [3.8, 4) is 0 Å². The molecule has 132 valence electrons. The molecule has 0 saturated heterocycles. The van der Waals surface area contributed by atoms with E-state index in [0.717, 1.165) is 48.2 Å². The Hall–Kier alpha value is -0.860. The minimum atomic E-state index is 0. The third-order valence-corrected chi connectivity index (χ3v) is 4.92. The van der Waals surface area contributed by atoms with E-state index in [0.29, 0.717) is 0 Å². The van der Waals surface area contributed by atoms with Crippen molar-refractivity contribution in [3.63, 3.8) is 0 Å². The largest absolute Gasteiger partial charge is 0.356 e. The molecule has 7 heteroatoms. The highest BCUT2D eigenvalue weighted by atomic mass is 127. The average Bonchev–Trinajstić information content (AvgIpc) is 3.01. The van der Waals surface area contributed by atoms with Gasteiger partial charge < -0.3 is 10.2 Å². The van der Waals surface area contributed by atoms with Crippen LogP contribution < -0.4 is 5.32 Å². The fraction of sp³-hybridized carbons (Fsp3) is 0.412. The van der Waals surface area contributed by atoms with Gasteiger partial charge in [-0.25, -0.2) is 4.98 Å². The first-order valence-electron chi connectivity index (χ1n) is 7.72. The predicted octanol–water partition coefficient (Wildman–Crippen LogP) is 4.23. The standard InChI is InChI=1S/C17H23ClN4S.HI/c1-4-16-21-14(12-23-16)9-10-20-17(19-2)22(3)11-13-7-5-6-8-15(13)18;/h5-8,12H,4,9-11H2,1-3H3,(H,19,20);1H. The van der Waals surface area contributed by atoms with Gasteiger partial charge in [0.15, 0.2) is 5.96 Å². The Kier molecular flexibility index (Phi) is 9.61. The van der Waals surface area contributed by atoms with Gasteiger partial charge >= 0.3 is 0 Å². The number of aryl methyl sites for hydroxylation is 1. The third kappa shape index (κ3) is 6.22. The molecule has 0 spiro atoms. The highest BCUT2D eigenvalue weighted by Crippen LogP contribution is 2.16. The van der Waals surface area contributed by atoms with Crippen LogP contribution in [0.3, 0.4) is 0 Å². The number of hydrogen-bond donors (Lipinski definition) is 1. The van der Waals surface area contributed by atoms with Gasteiger partial charge in [0.05, 0.1) is 10.7 Å². The minimum Gasteiger partial charge on any atom is -0.356 e. The maximum atomic E-state index is 6.22. The second-order valence-corrected chi connectivity index (χ2v) is 6.61. The first-order valence-corrected chi connectivity index (χ1v) is 8.98. The van der Waals surface area contributed by atoms with Crippen LogP contribution in [0.5, 0.6) is 0 Å². The van der Waals surface area contributed by atoms with Crippen LogP contribution in [0.25, 0.3) is 0 Å². The zero-order valence-corrected chi connectivity index (χ0v) is 18.2. The maximum Gasteiger partial charge on any atom is 0.193 e. The molecule has 0 bridgehead atoms. The van der Waals surface area contributed by atoms with E-state index in [-0.39, 0.29) is 24.0 Å². The lowest BCUT2D eigenvalue weighted by Gasteiger charge is -2.22. The molecule has 2 aromatic rings. The predicted molar refractivity (Wildman–Crippen MR) is 115 cm³/mol. The van der Waals surface area contributed by atoms with Crippen LogP contribution in [0.15, 0.2) is 34.6 Å². The number of nitrogens with zero attached hydrogens (tertiary/aromatic N) is 3. The lowest BCUT2D eigenvalue weighted by atomic mass is 10.2. The number of aromatic nitrogens is 1. The van der Waals surface area contributed by atoms with E-state index in [1.165, 1.54) is 5.01 Å². The lowest BCUT2D eigenvalue weighted by molar-refractivity contribution is 0.477. The fourth-order valence-corrected chi connectivity index (χ4v) is 3.25. The summed E-state index contributed by atoms with van der Waals surface area (Å²) in [5, 5.41) is 7.49. The number of thiazole rings is 1. The van der Waals surface area contributed by atoms with Crippen molar-refractivity contribution in [2.24, 2.45) is 4.99 Å². The summed E-state index contributed by atoms with van der Waals surface area (Å²) >= 11 is 7.95. The number of rotatable bonds is 6. The van der Waals surface area contributed by atoms with Crippen molar-refractivity contribution in [1.29, 1.82) is 0 Å². The van der Waals surface area contributed by atoms with Gasteiger partial charge in [-0.05, 0) is 18.1 Å². The van der Waals surface area contributed by atoms with Gasteiger partial charge in [0.25, 0.3) is 0 Å². The highest BCUT2D eigenvalue weighted by Gasteiger charge is 2.09. The number of guanidine groups is 1. The molecule has 4 nitrogen and oxygen atoms in total. The molecule has 2 rings (SSSR count). The van der Waals surface area contributed by atoms with Gasteiger partial charge in [-0.1, -0.05) is 36.7 Å². The second kappa shape index (κ2) is 10.9. The molecule has 24 heavy (non-hydrogen) atoms. The zero-order chi connectivity index (χ0) is 16.7. The van der Waals surface area contributed by atoms with Crippen LogP contribution in [0.4, 0.5) is 0 Å². The smallest absolute Gasteiger partial charge is 0.193 e. The minimum absolute atomic E-state index is 0. The van der Waals surface area contributed by atoms with Gasteiger partial charge in [-0.2, -0.15) is 0 Å². The number of benzene rings is 1. The molecule has 0 radical (unpaired) electrons. The van der Waals surface area contributed by atoms with E-state index < -0.39 is 0 Å². The van der Waals surface area contributed by atoms with E-state index >= 15 is 0 Å². The third-order valence-electron chi connectivity index (χ3n) is 3.50. The fourth-order valence-electron chi connectivity index (χ4n) is 2.27. The zero-order valence-electron chi connectivity index (χ0n) is 14.3. The number of nitrogens with one attached hydrogen (secondary N) is 1. The Morgan fingerprint density at radius 1 is 1.38 bits per heavy atom. The van der Waals surface area contributed by atoms with Crippen molar-refractivity contribution in [3.05, 3.63) is 50.9 Å². The van der Waals surface area contributed by atoms with Crippen LogP contribution in [0.2, 0.25) is 5.02 Å². The Labute approximate surface area is 170 Å². The summed E-state index contributed by atoms with van der Waals surface area (Å²) in [5.74, 6) is 0.857. The summed E-state index contributed by atoms with van der Waals surface area (Å²) < 4.78 is 0. The highest BCUT2D eigenvalue weighted by molar-refractivity contribution is 14.0. The van der Waals surface area contributed by atoms with Gasteiger partial charge in [0.1, 0.15) is 0 Å². The summed E-state index contributed by atoms with van der Waals surface area (Å²) in [6.07, 6.45) is 1.90. The van der Waals surface area contributed by atoms with Gasteiger partial charge in [0.2, 0.25) is 0 Å². The molecule has 0 aliphatic rings. The average molecular weight is 479 g/mol. The van der Waals surface area contributed by atoms with Crippen molar-refractivity contribution >= 4 is 52.9 Å². The van der Waals surface area contributed by atoms with Crippen LogP contribution in [0.1, 0.15) is 23.2 Å². The van der Waals surface area contributed by atoms with Crippen molar-refractivity contribution in [2.45, 2.75) is 26.3 Å². The van der Waals surface area contributed by atoms with E-state index in [1.807, 2.05) is 31.3 Å². The molecule has 1 aromatic heterocycles. The van der Waals surface area contributed by atoms with Crippen molar-refractivity contribution in [1.82, 2.24) is 15.2 Å². The molecule has 0 aliphatic heterocycles. The van der Waals surface area contributed by atoms with E-state index in [4.69, 9.17) is 11.6 Å². The quantitative estimate of drug-likeness (QED) is 0.384. The van der Waals surface area contributed by atoms with E-state index in [1.54, 1.807) is 18.4 Å². The van der Waals surface area contributed by atoms with Crippen LogP contribution in [-0.2, 0) is 19.4 Å². The molecule has 1 N–H and O–H groups in total. The summed E-state index contributed by atoms with van der Waals surface area (Å²) in [4.78, 5) is 11.0. The van der Waals surface area contributed by atoms with Crippen molar-refractivity contribution < 1.29 is 0 Å². The van der Waals surface area contributed by atoms with Crippen LogP contribution >= 0.6 is 46.9 Å². The molecule has 0 unspecified atom stereocenters. The van der Waals surface area contributed by atoms with Gasteiger partial charge in [0, 0.05) is 44.0 Å². The van der Waals surface area contributed by atoms with Gasteiger partial charge in [-0.15, -0.1) is 35.3 Å². The SMILES string of the molecule is CCc1nc(CCNC(=NC)N(C)Cc2ccccc2Cl)cs1.I. The summed E-state index contributed by atoms with van der Waals surface area (Å²) in [7, 11) is 3.81. The molecule has 0 aliphatic carbocycles. The maximum absolute atomic E-state index is 6.22. The summed E-state index contributed by atoms with van der Waals surface area (Å²) in [5.41, 5.74) is 2.23. The summed E-state index contributed by atoms with van der Waals surface area (Å²) in [6.45, 7) is 3.66. The van der Waals surface area contributed by atoms with E-state index in [2.05, 4.69) is 32.5 Å². The Morgan fingerprint density at radius 2 is 2.12 bits per heavy atom. The lowest BCUT2D eigenvalue weighted by Crippen LogP contribution is -2.39. The second-order valence-electron chi connectivity index (χ2n) is 5.26. The first kappa shape index (κ1) is 21.2. The number of halogens is 2. The Bertz CT molecular complexity index is 660. The molecule has 1 aromatic carbocycles.